The van der Waals surface area contributed by atoms with E-state index in [2.05, 4.69) is 41.9 Å². The van der Waals surface area contributed by atoms with Crippen molar-refractivity contribution in [2.24, 2.45) is 0 Å². The van der Waals surface area contributed by atoms with Crippen LogP contribution in [-0.4, -0.2) is 35.3 Å². The van der Waals surface area contributed by atoms with Crippen molar-refractivity contribution in [2.45, 2.75) is 26.9 Å². The van der Waals surface area contributed by atoms with Gasteiger partial charge in [0.1, 0.15) is 12.4 Å². The van der Waals surface area contributed by atoms with E-state index in [4.69, 9.17) is 9.47 Å². The van der Waals surface area contributed by atoms with E-state index in [1.807, 2.05) is 18.2 Å². The van der Waals surface area contributed by atoms with Crippen LogP contribution in [0.3, 0.4) is 0 Å². The molecule has 1 aliphatic rings. The molecule has 1 aliphatic heterocycles. The largest absolute Gasteiger partial charge is 0.504 e. The number of aromatic hydroxyl groups is 1. The Kier molecular flexibility index (Phi) is 5.41. The molecule has 0 radical (unpaired) electrons. The van der Waals surface area contributed by atoms with Crippen LogP contribution in [0.5, 0.6) is 17.2 Å². The maximum atomic E-state index is 10.6. The summed E-state index contributed by atoms with van der Waals surface area (Å²) >= 11 is 0. The number of hydrogen-bond donors (Lipinski definition) is 1. The molecule has 3 aromatic rings. The highest BCUT2D eigenvalue weighted by Gasteiger charge is 2.21. The first-order valence-corrected chi connectivity index (χ1v) is 9.81. The minimum Gasteiger partial charge on any atom is -0.504 e. The van der Waals surface area contributed by atoms with Gasteiger partial charge in [-0.1, -0.05) is 12.1 Å². The van der Waals surface area contributed by atoms with Gasteiger partial charge in [0.25, 0.3) is 0 Å². The number of pyridine rings is 1. The Bertz CT molecular complexity index is 1020. The molecule has 0 amide bonds. The third-order valence-corrected chi connectivity index (χ3v) is 5.40. The molecule has 0 saturated heterocycles. The van der Waals surface area contributed by atoms with E-state index < -0.39 is 0 Å². The highest BCUT2D eigenvalue weighted by atomic mass is 16.5. The first-order chi connectivity index (χ1) is 14.0. The Hall–Kier alpha value is -3.05. The maximum absolute atomic E-state index is 10.6. The number of rotatable bonds is 4. The van der Waals surface area contributed by atoms with Crippen molar-refractivity contribution in [2.75, 3.05) is 20.3 Å². The minimum atomic E-state index is 0.168. The van der Waals surface area contributed by atoms with Crippen LogP contribution in [0.15, 0.2) is 48.7 Å². The summed E-state index contributed by atoms with van der Waals surface area (Å²) in [7, 11) is 1.70. The van der Waals surface area contributed by atoms with E-state index in [0.717, 1.165) is 41.2 Å². The lowest BCUT2D eigenvalue weighted by Gasteiger charge is -2.21. The number of phenols is 1. The number of methoxy groups -OCH3 is 1. The van der Waals surface area contributed by atoms with Gasteiger partial charge in [-0.2, -0.15) is 0 Å². The van der Waals surface area contributed by atoms with Crippen LogP contribution >= 0.6 is 0 Å². The van der Waals surface area contributed by atoms with E-state index in [9.17, 15) is 5.11 Å². The van der Waals surface area contributed by atoms with Gasteiger partial charge in [-0.05, 0) is 60.9 Å². The Labute approximate surface area is 171 Å². The number of ether oxygens (including phenoxy) is 2. The van der Waals surface area contributed by atoms with Crippen LogP contribution in [0.1, 0.15) is 22.3 Å². The smallest absolute Gasteiger partial charge is 0.165 e. The van der Waals surface area contributed by atoms with Crippen molar-refractivity contribution in [3.05, 3.63) is 70.9 Å². The Morgan fingerprint density at radius 3 is 2.76 bits per heavy atom. The van der Waals surface area contributed by atoms with E-state index in [1.54, 1.807) is 19.4 Å². The van der Waals surface area contributed by atoms with Crippen LogP contribution in [0.2, 0.25) is 0 Å². The molecule has 0 spiro atoms. The normalized spacial score (nSPS) is 14.0. The van der Waals surface area contributed by atoms with Gasteiger partial charge in [-0.15, -0.1) is 0 Å². The number of fused-ring (bicyclic) bond motifs is 1. The molecule has 1 N–H and O–H groups in total. The first kappa shape index (κ1) is 19.3. The van der Waals surface area contributed by atoms with Gasteiger partial charge in [0.05, 0.1) is 12.8 Å². The van der Waals surface area contributed by atoms with E-state index >= 15 is 0 Å². The lowest BCUT2D eigenvalue weighted by molar-refractivity contribution is 0.217. The van der Waals surface area contributed by atoms with Crippen LogP contribution in [0.4, 0.5) is 0 Å². The molecule has 0 bridgehead atoms. The van der Waals surface area contributed by atoms with Gasteiger partial charge >= 0.3 is 0 Å². The Morgan fingerprint density at radius 2 is 2.00 bits per heavy atom. The fraction of sp³-hybridized carbons (Fsp3) is 0.292. The third kappa shape index (κ3) is 4.05. The number of benzene rings is 2. The number of hydrogen-bond acceptors (Lipinski definition) is 5. The maximum Gasteiger partial charge on any atom is 0.165 e. The molecule has 2 aromatic carbocycles. The quantitative estimate of drug-likeness (QED) is 0.712. The number of aromatic nitrogens is 1. The molecule has 150 valence electrons. The number of phenolic OH excluding ortho intramolecular Hbond substituents is 1. The molecule has 0 saturated carbocycles. The van der Waals surface area contributed by atoms with Crippen molar-refractivity contribution in [3.8, 4) is 28.5 Å². The molecule has 0 atom stereocenters. The zero-order chi connectivity index (χ0) is 20.4. The van der Waals surface area contributed by atoms with Gasteiger partial charge in [-0.25, -0.2) is 0 Å². The number of nitrogens with zero attached hydrogens (tertiary/aromatic N) is 2. The summed E-state index contributed by atoms with van der Waals surface area (Å²) < 4.78 is 11.3. The zero-order valence-electron chi connectivity index (χ0n) is 17.1. The van der Waals surface area contributed by atoms with Gasteiger partial charge in [0.15, 0.2) is 11.5 Å². The summed E-state index contributed by atoms with van der Waals surface area (Å²) in [6.45, 7) is 7.03. The fourth-order valence-corrected chi connectivity index (χ4v) is 3.85. The van der Waals surface area contributed by atoms with E-state index in [0.29, 0.717) is 18.9 Å². The van der Waals surface area contributed by atoms with E-state index in [1.165, 1.54) is 11.1 Å². The third-order valence-electron chi connectivity index (χ3n) is 5.40. The van der Waals surface area contributed by atoms with Gasteiger partial charge in [-0.3, -0.25) is 9.88 Å². The van der Waals surface area contributed by atoms with Crippen LogP contribution < -0.4 is 9.47 Å². The molecule has 5 nitrogen and oxygen atoms in total. The van der Waals surface area contributed by atoms with Crippen LogP contribution in [-0.2, 0) is 13.1 Å². The predicted molar refractivity (Wildman–Crippen MR) is 113 cm³/mol. The van der Waals surface area contributed by atoms with Crippen molar-refractivity contribution in [1.29, 1.82) is 0 Å². The van der Waals surface area contributed by atoms with Crippen LogP contribution in [0, 0.1) is 13.8 Å². The summed E-state index contributed by atoms with van der Waals surface area (Å²) in [4.78, 5) is 6.76. The lowest BCUT2D eigenvalue weighted by atomic mass is 10.0. The Morgan fingerprint density at radius 1 is 1.14 bits per heavy atom. The molecule has 0 fully saturated rings. The first-order valence-electron chi connectivity index (χ1n) is 9.81. The molecule has 29 heavy (non-hydrogen) atoms. The topological polar surface area (TPSA) is 54.8 Å². The standard InChI is InChI=1S/C24H26N2O3/c1-16-11-23(28-3)17(2)10-19(16)14-26-8-9-29-24-20(15-26)12-18(13-22(24)27)21-6-4-5-7-25-21/h4-7,10-13,27H,8-9,14-15H2,1-3H3. The SMILES string of the molecule is COc1cc(C)c(CN2CCOc3c(O)cc(-c4ccccn4)cc3C2)cc1C. The van der Waals surface area contributed by atoms with Crippen molar-refractivity contribution < 1.29 is 14.6 Å². The summed E-state index contributed by atoms with van der Waals surface area (Å²) in [6.07, 6.45) is 1.76. The zero-order valence-corrected chi connectivity index (χ0v) is 17.1. The van der Waals surface area contributed by atoms with Gasteiger partial charge < -0.3 is 14.6 Å². The molecular weight excluding hydrogens is 364 g/mol. The average molecular weight is 390 g/mol. The predicted octanol–water partition coefficient (Wildman–Crippen LogP) is 4.47. The minimum absolute atomic E-state index is 0.168. The second kappa shape index (κ2) is 8.13. The van der Waals surface area contributed by atoms with Crippen molar-refractivity contribution >= 4 is 0 Å². The monoisotopic (exact) mass is 390 g/mol. The van der Waals surface area contributed by atoms with Crippen LogP contribution in [0.25, 0.3) is 11.3 Å². The highest BCUT2D eigenvalue weighted by Crippen LogP contribution is 2.37. The second-order valence-corrected chi connectivity index (χ2v) is 7.51. The second-order valence-electron chi connectivity index (χ2n) is 7.51. The van der Waals surface area contributed by atoms with Crippen molar-refractivity contribution in [3.63, 3.8) is 0 Å². The summed E-state index contributed by atoms with van der Waals surface area (Å²) in [6, 6.07) is 13.9. The Balaban J connectivity index is 1.63. The summed E-state index contributed by atoms with van der Waals surface area (Å²) in [5.41, 5.74) is 6.33. The molecular formula is C24H26N2O3. The van der Waals surface area contributed by atoms with Gasteiger partial charge in [0.2, 0.25) is 0 Å². The van der Waals surface area contributed by atoms with E-state index in [-0.39, 0.29) is 5.75 Å². The molecule has 1 aromatic heterocycles. The highest BCUT2D eigenvalue weighted by molar-refractivity contribution is 5.66. The van der Waals surface area contributed by atoms with Crippen molar-refractivity contribution in [1.82, 2.24) is 9.88 Å². The summed E-state index contributed by atoms with van der Waals surface area (Å²) in [5, 5.41) is 10.6. The average Bonchev–Trinajstić information content (AvgIpc) is 2.93. The molecule has 4 rings (SSSR count). The van der Waals surface area contributed by atoms with Gasteiger partial charge in [0, 0.05) is 37.0 Å². The molecule has 2 heterocycles. The number of aryl methyl sites for hydroxylation is 2. The fourth-order valence-electron chi connectivity index (χ4n) is 3.85. The molecule has 5 heteroatoms. The lowest BCUT2D eigenvalue weighted by Crippen LogP contribution is -2.25. The summed E-state index contributed by atoms with van der Waals surface area (Å²) in [5.74, 6) is 1.66. The molecule has 0 unspecified atom stereocenters. The molecule has 0 aliphatic carbocycles.